The van der Waals surface area contributed by atoms with Gasteiger partial charge in [-0.05, 0) is 122 Å². The minimum atomic E-state index is -1.49. The molecule has 2 fully saturated rings. The van der Waals surface area contributed by atoms with Gasteiger partial charge in [0.1, 0.15) is 22.3 Å². The predicted octanol–water partition coefficient (Wildman–Crippen LogP) is 8.59. The third-order valence-electron chi connectivity index (χ3n) is 10.8. The molecule has 238 valence electrons. The topological polar surface area (TPSA) is 101 Å². The fraction of sp³-hybridized carbons (Fsp3) is 0.553. The maximum atomic E-state index is 15.3. The lowest BCUT2D eigenvalue weighted by Gasteiger charge is -2.64. The first-order chi connectivity index (χ1) is 20.3. The third kappa shape index (κ3) is 5.28. The molecule has 1 spiro atoms. The molecule has 2 N–H and O–H groups in total. The van der Waals surface area contributed by atoms with Crippen LogP contribution in [0, 0.1) is 28.1 Å². The van der Waals surface area contributed by atoms with Gasteiger partial charge < -0.3 is 14.9 Å². The Morgan fingerprint density at radius 3 is 2.14 bits per heavy atom. The summed E-state index contributed by atoms with van der Waals surface area (Å²) in [4.78, 5) is 44.9. The number of ether oxygens (including phenoxy) is 1. The fourth-order valence-electron chi connectivity index (χ4n) is 7.84. The fourth-order valence-corrected chi connectivity index (χ4v) is 7.84. The molecule has 4 atom stereocenters. The molecule has 6 heteroatoms. The van der Waals surface area contributed by atoms with E-state index in [1.54, 1.807) is 0 Å². The van der Waals surface area contributed by atoms with E-state index in [-0.39, 0.29) is 46.7 Å². The molecule has 1 aromatic carbocycles. The van der Waals surface area contributed by atoms with Crippen LogP contribution in [0.1, 0.15) is 111 Å². The molecule has 2 bridgehead atoms. The molecule has 2 aliphatic carbocycles. The quantitative estimate of drug-likeness (QED) is 0.0965. The highest BCUT2D eigenvalue weighted by molar-refractivity contribution is 6.35. The van der Waals surface area contributed by atoms with E-state index in [0.717, 1.165) is 24.0 Å². The second kappa shape index (κ2) is 11.5. The lowest BCUT2D eigenvalue weighted by molar-refractivity contribution is -0.189. The van der Waals surface area contributed by atoms with Crippen LogP contribution in [0.25, 0.3) is 0 Å². The molecule has 3 aliphatic rings. The summed E-state index contributed by atoms with van der Waals surface area (Å²) in [7, 11) is 0. The SMILES string of the molecule is C=C(C)CC[C@H]1C[C@@]23C[C@@H](CC=C(C)C)C(C)(C)[C@@](CC=C(C)C)(C(=O)C(C(=O)c4ccc(O)c(O)c4)=C2OC1(C)C)C3=O. The summed E-state index contributed by atoms with van der Waals surface area (Å²) in [6, 6.07) is 3.80. The van der Waals surface area contributed by atoms with Crippen molar-refractivity contribution in [1.82, 2.24) is 0 Å². The van der Waals surface area contributed by atoms with Crippen molar-refractivity contribution in [3.05, 3.63) is 70.5 Å². The van der Waals surface area contributed by atoms with Gasteiger partial charge in [0.05, 0.1) is 5.41 Å². The summed E-state index contributed by atoms with van der Waals surface area (Å²) in [6.07, 6.45) is 7.55. The highest BCUT2D eigenvalue weighted by Crippen LogP contribution is 2.69. The number of rotatable bonds is 9. The van der Waals surface area contributed by atoms with Crippen LogP contribution < -0.4 is 0 Å². The van der Waals surface area contributed by atoms with E-state index in [9.17, 15) is 15.0 Å². The molecule has 1 heterocycles. The highest BCUT2D eigenvalue weighted by atomic mass is 16.5. The van der Waals surface area contributed by atoms with Gasteiger partial charge in [-0.15, -0.1) is 6.58 Å². The second-order valence-corrected chi connectivity index (χ2v) is 15.1. The number of Topliss-reactive ketones (excluding diaryl/α,β-unsaturated/α-hetero) is 3. The normalized spacial score (nSPS) is 28.5. The molecule has 0 amide bonds. The zero-order valence-corrected chi connectivity index (χ0v) is 28.0. The molecule has 0 unspecified atom stereocenters. The summed E-state index contributed by atoms with van der Waals surface area (Å²) in [5.74, 6) is -1.92. The average molecular weight is 603 g/mol. The molecule has 0 radical (unpaired) electrons. The van der Waals surface area contributed by atoms with Crippen LogP contribution in [0.4, 0.5) is 0 Å². The number of phenolic OH excluding ortho intramolecular Hbond substituents is 2. The number of aromatic hydroxyl groups is 2. The zero-order chi connectivity index (χ0) is 33.0. The summed E-state index contributed by atoms with van der Waals surface area (Å²) in [5.41, 5.74) is -1.00. The zero-order valence-electron chi connectivity index (χ0n) is 28.0. The lowest BCUT2D eigenvalue weighted by Crippen LogP contribution is -2.69. The van der Waals surface area contributed by atoms with Crippen molar-refractivity contribution in [1.29, 1.82) is 0 Å². The number of fused-ring (bicyclic) bond motifs is 1. The number of allylic oxidation sites excluding steroid dienone is 7. The average Bonchev–Trinajstić information content (AvgIpc) is 2.91. The molecule has 6 nitrogen and oxygen atoms in total. The van der Waals surface area contributed by atoms with Gasteiger partial charge in [0.2, 0.25) is 0 Å². The number of carbonyl (C=O) groups is 3. The van der Waals surface area contributed by atoms with Crippen molar-refractivity contribution in [3.63, 3.8) is 0 Å². The Bertz CT molecular complexity index is 1490. The van der Waals surface area contributed by atoms with Gasteiger partial charge in [0, 0.05) is 5.56 Å². The third-order valence-corrected chi connectivity index (χ3v) is 10.8. The van der Waals surface area contributed by atoms with Gasteiger partial charge in [-0.3, -0.25) is 14.4 Å². The minimum Gasteiger partial charge on any atom is -0.504 e. The van der Waals surface area contributed by atoms with Crippen molar-refractivity contribution in [2.75, 3.05) is 0 Å². The van der Waals surface area contributed by atoms with Crippen LogP contribution in [0.5, 0.6) is 11.5 Å². The monoisotopic (exact) mass is 602 g/mol. The molecule has 1 saturated heterocycles. The van der Waals surface area contributed by atoms with Crippen LogP contribution in [-0.2, 0) is 14.3 Å². The Balaban J connectivity index is 2.08. The largest absolute Gasteiger partial charge is 0.504 e. The summed E-state index contributed by atoms with van der Waals surface area (Å²) < 4.78 is 6.81. The maximum absolute atomic E-state index is 15.3. The minimum absolute atomic E-state index is 0.0133. The van der Waals surface area contributed by atoms with E-state index in [1.165, 1.54) is 23.8 Å². The van der Waals surface area contributed by atoms with Crippen molar-refractivity contribution in [2.24, 2.45) is 28.1 Å². The van der Waals surface area contributed by atoms with Gasteiger partial charge in [-0.2, -0.15) is 0 Å². The van der Waals surface area contributed by atoms with Gasteiger partial charge in [0.25, 0.3) is 0 Å². The molecular weight excluding hydrogens is 552 g/mol. The lowest BCUT2D eigenvalue weighted by atomic mass is 9.39. The number of hydrogen-bond donors (Lipinski definition) is 2. The highest BCUT2D eigenvalue weighted by Gasteiger charge is 2.74. The first-order valence-corrected chi connectivity index (χ1v) is 15.8. The Labute approximate surface area is 263 Å². The van der Waals surface area contributed by atoms with Crippen LogP contribution >= 0.6 is 0 Å². The summed E-state index contributed by atoms with van der Waals surface area (Å²) in [6.45, 7) is 22.1. The predicted molar refractivity (Wildman–Crippen MR) is 173 cm³/mol. The van der Waals surface area contributed by atoms with Gasteiger partial charge >= 0.3 is 0 Å². The Kier molecular flexibility index (Phi) is 8.75. The second-order valence-electron chi connectivity index (χ2n) is 15.1. The Morgan fingerprint density at radius 1 is 0.955 bits per heavy atom. The maximum Gasteiger partial charge on any atom is 0.200 e. The Morgan fingerprint density at radius 2 is 1.57 bits per heavy atom. The summed E-state index contributed by atoms with van der Waals surface area (Å²) in [5, 5.41) is 20.2. The number of phenols is 2. The number of hydrogen-bond acceptors (Lipinski definition) is 6. The molecule has 1 saturated carbocycles. The van der Waals surface area contributed by atoms with E-state index in [4.69, 9.17) is 4.74 Å². The van der Waals surface area contributed by atoms with E-state index in [2.05, 4.69) is 26.5 Å². The van der Waals surface area contributed by atoms with Crippen LogP contribution in [0.2, 0.25) is 0 Å². The molecule has 0 aromatic heterocycles. The van der Waals surface area contributed by atoms with Crippen LogP contribution in [-0.4, -0.2) is 33.2 Å². The number of carbonyl (C=O) groups excluding carboxylic acids is 3. The van der Waals surface area contributed by atoms with Crippen molar-refractivity contribution >= 4 is 17.3 Å². The molecule has 44 heavy (non-hydrogen) atoms. The first kappa shape index (κ1) is 33.5. The van der Waals surface area contributed by atoms with E-state index >= 15 is 9.59 Å². The molecule has 1 aromatic rings. The smallest absolute Gasteiger partial charge is 0.200 e. The summed E-state index contributed by atoms with van der Waals surface area (Å²) >= 11 is 0. The molecule has 4 rings (SSSR count). The van der Waals surface area contributed by atoms with Gasteiger partial charge in [0.15, 0.2) is 28.8 Å². The first-order valence-electron chi connectivity index (χ1n) is 15.8. The number of benzene rings is 1. The van der Waals surface area contributed by atoms with Gasteiger partial charge in [-0.25, -0.2) is 0 Å². The van der Waals surface area contributed by atoms with Crippen molar-refractivity contribution in [2.45, 2.75) is 106 Å². The number of ketones is 3. The van der Waals surface area contributed by atoms with Crippen LogP contribution in [0.15, 0.2) is 65.0 Å². The van der Waals surface area contributed by atoms with Gasteiger partial charge in [-0.1, -0.05) is 42.7 Å². The van der Waals surface area contributed by atoms with E-state index < -0.39 is 39.2 Å². The van der Waals surface area contributed by atoms with Crippen LogP contribution in [0.3, 0.4) is 0 Å². The van der Waals surface area contributed by atoms with E-state index in [1.807, 2.05) is 54.5 Å². The standard InChI is InChI=1S/C38H50O6/c1-22(2)11-14-26-20-37-21-27(15-12-23(3)4)36(9,10)44-33(37)30(31(41)25-13-16-28(39)29(40)19-25)32(42)38(34(37)43,35(26,7)8)18-17-24(5)6/h11,13,16-17,19,26-27,39-40H,3,12,14-15,18,20-21H2,1-2,4-10H3/t26-,27+,37+,38+/m1/s1. The Hall–Kier alpha value is -3.41. The van der Waals surface area contributed by atoms with E-state index in [0.29, 0.717) is 19.3 Å². The van der Waals surface area contributed by atoms with Crippen molar-refractivity contribution in [3.8, 4) is 11.5 Å². The molecule has 1 aliphatic heterocycles. The van der Waals surface area contributed by atoms with Crippen molar-refractivity contribution < 1.29 is 29.3 Å². The molecular formula is C38H50O6.